The number of benzene rings is 1. The third kappa shape index (κ3) is 2.85. The molecule has 2 rings (SSSR count). The summed E-state index contributed by atoms with van der Waals surface area (Å²) >= 11 is 5.85. The van der Waals surface area contributed by atoms with Crippen LogP contribution in [0.1, 0.15) is 18.5 Å². The Balaban J connectivity index is 2.68. The van der Waals surface area contributed by atoms with Crippen LogP contribution < -0.4 is 5.56 Å². The molecular formula is C15H10ClFN2O3. The van der Waals surface area contributed by atoms with Gasteiger partial charge in [0.1, 0.15) is 11.9 Å². The smallest absolute Gasteiger partial charge is 0.326 e. The first-order valence-electron chi connectivity index (χ1n) is 6.19. The van der Waals surface area contributed by atoms with Crippen LogP contribution in [0.15, 0.2) is 35.3 Å². The lowest BCUT2D eigenvalue weighted by atomic mass is 10.0. The SMILES string of the molecule is CC(C(=O)O)n1cc(F)c(-c2cc(Cl)ccc2C#N)cc1=O. The summed E-state index contributed by atoms with van der Waals surface area (Å²) in [5.74, 6) is -2.07. The summed E-state index contributed by atoms with van der Waals surface area (Å²) in [6.07, 6.45) is 0.818. The lowest BCUT2D eigenvalue weighted by Gasteiger charge is -2.13. The van der Waals surface area contributed by atoms with Crippen LogP contribution in [0.25, 0.3) is 11.1 Å². The van der Waals surface area contributed by atoms with Crippen molar-refractivity contribution >= 4 is 17.6 Å². The van der Waals surface area contributed by atoms with Gasteiger partial charge in [0.25, 0.3) is 5.56 Å². The molecule has 0 aliphatic heterocycles. The minimum atomic E-state index is -1.25. The van der Waals surface area contributed by atoms with E-state index < -0.39 is 23.4 Å². The summed E-state index contributed by atoms with van der Waals surface area (Å²) in [5.41, 5.74) is -0.445. The molecule has 0 fully saturated rings. The Morgan fingerprint density at radius 1 is 1.41 bits per heavy atom. The first kappa shape index (κ1) is 15.7. The molecular weight excluding hydrogens is 311 g/mol. The van der Waals surface area contributed by atoms with Crippen molar-refractivity contribution in [2.24, 2.45) is 0 Å². The molecule has 1 aromatic heterocycles. The highest BCUT2D eigenvalue weighted by atomic mass is 35.5. The summed E-state index contributed by atoms with van der Waals surface area (Å²) < 4.78 is 15.1. The van der Waals surface area contributed by atoms with Gasteiger partial charge in [-0.05, 0) is 25.1 Å². The Kier molecular flexibility index (Phi) is 4.29. The van der Waals surface area contributed by atoms with Crippen LogP contribution in [0.4, 0.5) is 4.39 Å². The number of pyridine rings is 1. The second-order valence-electron chi connectivity index (χ2n) is 4.60. The third-order valence-electron chi connectivity index (χ3n) is 3.20. The monoisotopic (exact) mass is 320 g/mol. The molecule has 1 N–H and O–H groups in total. The molecule has 2 aromatic rings. The average molecular weight is 321 g/mol. The van der Waals surface area contributed by atoms with Crippen LogP contribution in [0.5, 0.6) is 0 Å². The fraction of sp³-hybridized carbons (Fsp3) is 0.133. The highest BCUT2D eigenvalue weighted by molar-refractivity contribution is 6.30. The minimum absolute atomic E-state index is 0.0992. The fourth-order valence-electron chi connectivity index (χ4n) is 1.99. The zero-order valence-electron chi connectivity index (χ0n) is 11.4. The van der Waals surface area contributed by atoms with E-state index in [1.807, 2.05) is 6.07 Å². The molecule has 0 aliphatic carbocycles. The van der Waals surface area contributed by atoms with E-state index >= 15 is 0 Å². The minimum Gasteiger partial charge on any atom is -0.480 e. The van der Waals surface area contributed by atoms with Crippen molar-refractivity contribution in [3.63, 3.8) is 0 Å². The lowest BCUT2D eigenvalue weighted by molar-refractivity contribution is -0.140. The average Bonchev–Trinajstić information content (AvgIpc) is 2.48. The quantitative estimate of drug-likeness (QED) is 0.942. The summed E-state index contributed by atoms with van der Waals surface area (Å²) in [6.45, 7) is 1.27. The van der Waals surface area contributed by atoms with Crippen molar-refractivity contribution in [3.05, 3.63) is 57.2 Å². The van der Waals surface area contributed by atoms with Gasteiger partial charge in [-0.25, -0.2) is 9.18 Å². The van der Waals surface area contributed by atoms with E-state index in [0.29, 0.717) is 0 Å². The van der Waals surface area contributed by atoms with Crippen molar-refractivity contribution < 1.29 is 14.3 Å². The van der Waals surface area contributed by atoms with Crippen molar-refractivity contribution in [2.75, 3.05) is 0 Å². The Bertz CT molecular complexity index is 855. The van der Waals surface area contributed by atoms with E-state index in [9.17, 15) is 14.0 Å². The van der Waals surface area contributed by atoms with E-state index in [-0.39, 0.29) is 21.7 Å². The third-order valence-corrected chi connectivity index (χ3v) is 3.43. The second kappa shape index (κ2) is 6.00. The number of nitriles is 1. The number of carboxylic acid groups (broad SMARTS) is 1. The van der Waals surface area contributed by atoms with Crippen LogP contribution in [0, 0.1) is 17.1 Å². The van der Waals surface area contributed by atoms with Crippen LogP contribution in [-0.2, 0) is 4.79 Å². The molecule has 0 saturated heterocycles. The molecule has 7 heteroatoms. The Morgan fingerprint density at radius 3 is 2.68 bits per heavy atom. The number of carbonyl (C=O) groups is 1. The van der Waals surface area contributed by atoms with Crippen molar-refractivity contribution in [1.82, 2.24) is 4.57 Å². The molecule has 0 saturated carbocycles. The molecule has 5 nitrogen and oxygen atoms in total. The summed E-state index contributed by atoms with van der Waals surface area (Å²) in [4.78, 5) is 22.9. The first-order chi connectivity index (χ1) is 10.3. The normalized spacial score (nSPS) is 11.7. The number of aliphatic carboxylic acids is 1. The maximum Gasteiger partial charge on any atom is 0.326 e. The zero-order valence-corrected chi connectivity index (χ0v) is 12.1. The molecule has 0 aliphatic rings. The van der Waals surface area contributed by atoms with Gasteiger partial charge in [-0.2, -0.15) is 5.26 Å². The molecule has 0 amide bonds. The van der Waals surface area contributed by atoms with Gasteiger partial charge in [-0.1, -0.05) is 11.6 Å². The van der Waals surface area contributed by atoms with Gasteiger partial charge in [0.05, 0.1) is 11.6 Å². The predicted octanol–water partition coefficient (Wildman–Crippen LogP) is 2.83. The van der Waals surface area contributed by atoms with E-state index in [1.165, 1.54) is 25.1 Å². The fourth-order valence-corrected chi connectivity index (χ4v) is 2.16. The molecule has 0 radical (unpaired) electrons. The van der Waals surface area contributed by atoms with Gasteiger partial charge in [-0.15, -0.1) is 0 Å². The van der Waals surface area contributed by atoms with Crippen LogP contribution in [0.2, 0.25) is 5.02 Å². The summed E-state index contributed by atoms with van der Waals surface area (Å²) in [7, 11) is 0. The molecule has 112 valence electrons. The molecule has 1 unspecified atom stereocenters. The van der Waals surface area contributed by atoms with Crippen molar-refractivity contribution in [1.29, 1.82) is 5.26 Å². The lowest BCUT2D eigenvalue weighted by Crippen LogP contribution is -2.27. The highest BCUT2D eigenvalue weighted by Gasteiger charge is 2.18. The van der Waals surface area contributed by atoms with Crippen LogP contribution >= 0.6 is 11.6 Å². The number of rotatable bonds is 3. The van der Waals surface area contributed by atoms with Gasteiger partial charge in [0, 0.05) is 28.4 Å². The molecule has 1 aromatic carbocycles. The number of carboxylic acids is 1. The molecule has 0 spiro atoms. The summed E-state index contributed by atoms with van der Waals surface area (Å²) in [5, 5.41) is 18.3. The maximum absolute atomic E-state index is 14.3. The van der Waals surface area contributed by atoms with Gasteiger partial charge in [0.2, 0.25) is 0 Å². The molecule has 1 heterocycles. The first-order valence-corrected chi connectivity index (χ1v) is 6.57. The maximum atomic E-state index is 14.3. The van der Waals surface area contributed by atoms with E-state index in [1.54, 1.807) is 0 Å². The Hall–Kier alpha value is -2.65. The number of aromatic nitrogens is 1. The number of nitrogens with zero attached hydrogens (tertiary/aromatic N) is 2. The zero-order chi connectivity index (χ0) is 16.4. The Labute approximate surface area is 129 Å². The van der Waals surface area contributed by atoms with E-state index in [2.05, 4.69) is 0 Å². The van der Waals surface area contributed by atoms with Crippen LogP contribution in [-0.4, -0.2) is 15.6 Å². The van der Waals surface area contributed by atoms with Gasteiger partial charge in [-0.3, -0.25) is 9.36 Å². The van der Waals surface area contributed by atoms with Crippen LogP contribution in [0.3, 0.4) is 0 Å². The molecule has 1 atom stereocenters. The standard InChI is InChI=1S/C15H10ClFN2O3/c1-8(15(21)22)19-7-13(17)12(5-14(19)20)11-4-10(16)3-2-9(11)6-18/h2-5,7-8H,1H3,(H,21,22). The number of halogens is 2. The van der Waals surface area contributed by atoms with Gasteiger partial charge >= 0.3 is 5.97 Å². The second-order valence-corrected chi connectivity index (χ2v) is 5.03. The van der Waals surface area contributed by atoms with E-state index in [0.717, 1.165) is 16.8 Å². The predicted molar refractivity (Wildman–Crippen MR) is 78.2 cm³/mol. The number of hydrogen-bond donors (Lipinski definition) is 1. The largest absolute Gasteiger partial charge is 0.480 e. The molecule has 22 heavy (non-hydrogen) atoms. The Morgan fingerprint density at radius 2 is 2.09 bits per heavy atom. The molecule has 0 bridgehead atoms. The van der Waals surface area contributed by atoms with Gasteiger partial charge in [0.15, 0.2) is 0 Å². The van der Waals surface area contributed by atoms with Crippen molar-refractivity contribution in [2.45, 2.75) is 13.0 Å². The topological polar surface area (TPSA) is 83.1 Å². The summed E-state index contributed by atoms with van der Waals surface area (Å²) in [6, 6.07) is 5.93. The van der Waals surface area contributed by atoms with E-state index in [4.69, 9.17) is 22.0 Å². The number of hydrogen-bond acceptors (Lipinski definition) is 3. The van der Waals surface area contributed by atoms with Gasteiger partial charge < -0.3 is 5.11 Å². The van der Waals surface area contributed by atoms with Crippen molar-refractivity contribution in [3.8, 4) is 17.2 Å². The highest BCUT2D eigenvalue weighted by Crippen LogP contribution is 2.28.